The van der Waals surface area contributed by atoms with Crippen molar-refractivity contribution >= 4 is 33.6 Å². The van der Waals surface area contributed by atoms with Crippen LogP contribution in [0.15, 0.2) is 40.6 Å². The minimum absolute atomic E-state index is 0.0330. The van der Waals surface area contributed by atoms with Crippen LogP contribution in [0.5, 0.6) is 0 Å². The SMILES string of the molecule is CNc1ccc([N+](=O)[O-])cc1C(=O)OCc1cc(=O)n2ccsc2n1. The summed E-state index contributed by atoms with van der Waals surface area (Å²) < 4.78 is 6.55. The molecule has 0 aliphatic heterocycles. The predicted molar refractivity (Wildman–Crippen MR) is 91.1 cm³/mol. The van der Waals surface area contributed by atoms with Gasteiger partial charge in [0.15, 0.2) is 4.96 Å². The number of non-ortho nitro benzene ring substituents is 1. The molecule has 0 unspecified atom stereocenters. The average molecular weight is 360 g/mol. The third-order valence-electron chi connectivity index (χ3n) is 3.41. The summed E-state index contributed by atoms with van der Waals surface area (Å²) in [6.07, 6.45) is 1.60. The van der Waals surface area contributed by atoms with Crippen LogP contribution in [0.1, 0.15) is 16.1 Å². The van der Waals surface area contributed by atoms with E-state index in [1.807, 2.05) is 0 Å². The Morgan fingerprint density at radius 3 is 2.96 bits per heavy atom. The molecule has 128 valence electrons. The molecule has 0 saturated carbocycles. The maximum Gasteiger partial charge on any atom is 0.340 e. The standard InChI is InChI=1S/C15H12N4O5S/c1-16-12-3-2-10(19(22)23)7-11(12)14(21)24-8-9-6-13(20)18-4-5-25-15(18)17-9/h2-7,16H,8H2,1H3. The maximum absolute atomic E-state index is 12.3. The van der Waals surface area contributed by atoms with Crippen LogP contribution in [0, 0.1) is 10.1 Å². The first kappa shape index (κ1) is 16.6. The Labute approximate surface area is 144 Å². The van der Waals surface area contributed by atoms with E-state index >= 15 is 0 Å². The first-order valence-corrected chi connectivity index (χ1v) is 7.96. The maximum atomic E-state index is 12.3. The molecule has 9 nitrogen and oxygen atoms in total. The first-order chi connectivity index (χ1) is 12.0. The van der Waals surface area contributed by atoms with Crippen molar-refractivity contribution in [1.82, 2.24) is 9.38 Å². The van der Waals surface area contributed by atoms with Crippen molar-refractivity contribution < 1.29 is 14.5 Å². The van der Waals surface area contributed by atoms with Gasteiger partial charge in [-0.05, 0) is 6.07 Å². The fraction of sp³-hybridized carbons (Fsp3) is 0.133. The zero-order valence-electron chi connectivity index (χ0n) is 13.0. The van der Waals surface area contributed by atoms with Gasteiger partial charge in [-0.25, -0.2) is 9.78 Å². The number of nitrogens with one attached hydrogen (secondary N) is 1. The van der Waals surface area contributed by atoms with Crippen LogP contribution in [-0.2, 0) is 11.3 Å². The second-order valence-corrected chi connectivity index (χ2v) is 5.83. The van der Waals surface area contributed by atoms with Gasteiger partial charge >= 0.3 is 5.97 Å². The number of thiazole rings is 1. The Bertz CT molecular complexity index is 1030. The van der Waals surface area contributed by atoms with Crippen molar-refractivity contribution in [3.05, 3.63) is 67.6 Å². The molecule has 0 fully saturated rings. The molecule has 3 rings (SSSR count). The van der Waals surface area contributed by atoms with Crippen molar-refractivity contribution in [2.45, 2.75) is 6.61 Å². The van der Waals surface area contributed by atoms with Crippen LogP contribution in [0.3, 0.4) is 0 Å². The van der Waals surface area contributed by atoms with Gasteiger partial charge in [0.25, 0.3) is 11.2 Å². The van der Waals surface area contributed by atoms with E-state index in [4.69, 9.17) is 4.74 Å². The molecular formula is C15H12N4O5S. The van der Waals surface area contributed by atoms with Crippen molar-refractivity contribution in [2.24, 2.45) is 0 Å². The molecule has 0 aliphatic rings. The van der Waals surface area contributed by atoms with Crippen molar-refractivity contribution in [3.63, 3.8) is 0 Å². The molecule has 0 bridgehead atoms. The summed E-state index contributed by atoms with van der Waals surface area (Å²) in [5.41, 5.74) is 0.242. The normalized spacial score (nSPS) is 10.6. The van der Waals surface area contributed by atoms with E-state index in [2.05, 4.69) is 10.3 Å². The van der Waals surface area contributed by atoms with Crippen LogP contribution in [0.4, 0.5) is 11.4 Å². The summed E-state index contributed by atoms with van der Waals surface area (Å²) in [5, 5.41) is 15.4. The highest BCUT2D eigenvalue weighted by atomic mass is 32.1. The number of nitrogens with zero attached hydrogens (tertiary/aromatic N) is 3. The molecule has 2 heterocycles. The summed E-state index contributed by atoms with van der Waals surface area (Å²) in [5.74, 6) is -0.749. The summed E-state index contributed by atoms with van der Waals surface area (Å²) in [4.78, 5) is 39.2. The zero-order chi connectivity index (χ0) is 18.0. The number of nitro groups is 1. The largest absolute Gasteiger partial charge is 0.456 e. The fourth-order valence-electron chi connectivity index (χ4n) is 2.21. The molecule has 10 heteroatoms. The monoisotopic (exact) mass is 360 g/mol. The fourth-order valence-corrected chi connectivity index (χ4v) is 2.95. The first-order valence-electron chi connectivity index (χ1n) is 7.08. The third-order valence-corrected chi connectivity index (χ3v) is 4.17. The number of nitro benzene ring substituents is 1. The molecule has 2 aromatic heterocycles. The number of anilines is 1. The van der Waals surface area contributed by atoms with Crippen LogP contribution in [0.25, 0.3) is 4.96 Å². The number of carbonyl (C=O) groups is 1. The van der Waals surface area contributed by atoms with Crippen LogP contribution < -0.4 is 10.9 Å². The van der Waals surface area contributed by atoms with Crippen molar-refractivity contribution in [3.8, 4) is 0 Å². The van der Waals surface area contributed by atoms with E-state index in [1.165, 1.54) is 33.9 Å². The van der Waals surface area contributed by atoms with Crippen LogP contribution >= 0.6 is 11.3 Å². The number of esters is 1. The van der Waals surface area contributed by atoms with Gasteiger partial charge in [0.05, 0.1) is 16.2 Å². The lowest BCUT2D eigenvalue weighted by atomic mass is 10.1. The van der Waals surface area contributed by atoms with Gasteiger partial charge in [-0.15, -0.1) is 11.3 Å². The predicted octanol–water partition coefficient (Wildman–Crippen LogP) is 2.06. The number of carbonyl (C=O) groups excluding carboxylic acids is 1. The number of aromatic nitrogens is 2. The molecule has 1 N–H and O–H groups in total. The Hall–Kier alpha value is -3.27. The highest BCUT2D eigenvalue weighted by Crippen LogP contribution is 2.23. The van der Waals surface area contributed by atoms with Crippen LogP contribution in [-0.4, -0.2) is 27.3 Å². The minimum atomic E-state index is -0.749. The van der Waals surface area contributed by atoms with E-state index in [0.717, 1.165) is 6.07 Å². The zero-order valence-corrected chi connectivity index (χ0v) is 13.8. The summed E-state index contributed by atoms with van der Waals surface area (Å²) >= 11 is 1.28. The molecule has 0 spiro atoms. The smallest absolute Gasteiger partial charge is 0.340 e. The summed E-state index contributed by atoms with van der Waals surface area (Å²) in [7, 11) is 1.59. The lowest BCUT2D eigenvalue weighted by Gasteiger charge is -2.09. The van der Waals surface area contributed by atoms with Gasteiger partial charge < -0.3 is 10.1 Å². The van der Waals surface area contributed by atoms with Gasteiger partial charge in [-0.2, -0.15) is 0 Å². The number of fused-ring (bicyclic) bond motifs is 1. The molecule has 0 atom stereocenters. The lowest BCUT2D eigenvalue weighted by Crippen LogP contribution is -2.15. The number of benzene rings is 1. The highest BCUT2D eigenvalue weighted by Gasteiger charge is 2.18. The Balaban J connectivity index is 1.83. The van der Waals surface area contributed by atoms with Gasteiger partial charge in [-0.3, -0.25) is 19.3 Å². The van der Waals surface area contributed by atoms with E-state index in [0.29, 0.717) is 16.3 Å². The van der Waals surface area contributed by atoms with Gasteiger partial charge in [0.1, 0.15) is 6.61 Å². The molecule has 25 heavy (non-hydrogen) atoms. The molecule has 0 radical (unpaired) electrons. The Morgan fingerprint density at radius 2 is 2.24 bits per heavy atom. The topological polar surface area (TPSA) is 116 Å². The number of ether oxygens (including phenoxy) is 1. The minimum Gasteiger partial charge on any atom is -0.456 e. The second kappa shape index (κ2) is 6.69. The summed E-state index contributed by atoms with van der Waals surface area (Å²) in [6.45, 7) is -0.214. The van der Waals surface area contributed by atoms with Crippen LogP contribution in [0.2, 0.25) is 0 Å². The van der Waals surface area contributed by atoms with E-state index in [9.17, 15) is 19.7 Å². The number of rotatable bonds is 5. The van der Waals surface area contributed by atoms with Crippen molar-refractivity contribution in [2.75, 3.05) is 12.4 Å². The van der Waals surface area contributed by atoms with Crippen molar-refractivity contribution in [1.29, 1.82) is 0 Å². The Kier molecular flexibility index (Phi) is 4.44. The molecule has 1 aromatic carbocycles. The lowest BCUT2D eigenvalue weighted by molar-refractivity contribution is -0.384. The van der Waals surface area contributed by atoms with E-state index in [-0.39, 0.29) is 23.4 Å². The highest BCUT2D eigenvalue weighted by molar-refractivity contribution is 7.15. The van der Waals surface area contributed by atoms with E-state index in [1.54, 1.807) is 18.6 Å². The van der Waals surface area contributed by atoms with E-state index < -0.39 is 10.9 Å². The van der Waals surface area contributed by atoms with Gasteiger partial charge in [0.2, 0.25) is 0 Å². The second-order valence-electron chi connectivity index (χ2n) is 4.95. The molecular weight excluding hydrogens is 348 g/mol. The number of hydrogen-bond donors (Lipinski definition) is 1. The van der Waals surface area contributed by atoms with Gasteiger partial charge in [-0.1, -0.05) is 0 Å². The average Bonchev–Trinajstić information content (AvgIpc) is 3.08. The molecule has 3 aromatic rings. The number of hydrogen-bond acceptors (Lipinski definition) is 8. The van der Waals surface area contributed by atoms with Gasteiger partial charge in [0, 0.05) is 42.5 Å². The summed E-state index contributed by atoms with van der Waals surface area (Å²) in [6, 6.07) is 5.13. The molecule has 0 amide bonds. The quantitative estimate of drug-likeness (QED) is 0.420. The molecule has 0 saturated heterocycles. The Morgan fingerprint density at radius 1 is 1.44 bits per heavy atom. The molecule has 0 aliphatic carbocycles. The third kappa shape index (κ3) is 3.33.